The average Bonchev–Trinajstić information content (AvgIpc) is 3.46. The maximum absolute atomic E-state index is 12.7. The molecular weight excluding hydrogens is 509 g/mol. The molecule has 182 valence electrons. The van der Waals surface area contributed by atoms with E-state index in [9.17, 15) is 4.79 Å². The standard InChI is InChI=1S/C26H24Cl3N3O3/c1-3-16(2)17-5-8-20(9-6-17)34-15-21-10-11-24(35-21)26(33)30-25-23(29)14-32(31-25)13-18-4-7-19(27)12-22(18)28/h4-12,14,16H,3,13,15H2,1-2H3,(H,30,31,33). The zero-order valence-corrected chi connectivity index (χ0v) is 21.5. The molecule has 0 bridgehead atoms. The Morgan fingerprint density at radius 1 is 1.09 bits per heavy atom. The highest BCUT2D eigenvalue weighted by atomic mass is 35.5. The molecule has 2 aromatic heterocycles. The molecule has 1 atom stereocenters. The van der Waals surface area contributed by atoms with E-state index >= 15 is 0 Å². The van der Waals surface area contributed by atoms with Crippen molar-refractivity contribution >= 4 is 46.5 Å². The van der Waals surface area contributed by atoms with Crippen molar-refractivity contribution in [2.45, 2.75) is 39.3 Å². The Bertz CT molecular complexity index is 1320. The second kappa shape index (κ2) is 11.2. The first kappa shape index (κ1) is 25.2. The molecule has 4 aromatic rings. The third-order valence-corrected chi connectivity index (χ3v) is 6.49. The van der Waals surface area contributed by atoms with Crippen LogP contribution in [-0.4, -0.2) is 15.7 Å². The van der Waals surface area contributed by atoms with Crippen LogP contribution in [0.3, 0.4) is 0 Å². The average molecular weight is 533 g/mol. The van der Waals surface area contributed by atoms with Crippen LogP contribution in [0.25, 0.3) is 0 Å². The number of carbonyl (C=O) groups is 1. The van der Waals surface area contributed by atoms with E-state index in [-0.39, 0.29) is 18.2 Å². The minimum atomic E-state index is -0.467. The summed E-state index contributed by atoms with van der Waals surface area (Å²) in [6.07, 6.45) is 2.69. The Kier molecular flexibility index (Phi) is 8.06. The first-order valence-electron chi connectivity index (χ1n) is 11.1. The topological polar surface area (TPSA) is 69.3 Å². The molecule has 9 heteroatoms. The predicted octanol–water partition coefficient (Wildman–Crippen LogP) is 7.83. The van der Waals surface area contributed by atoms with Crippen LogP contribution in [-0.2, 0) is 13.2 Å². The maximum Gasteiger partial charge on any atom is 0.292 e. The van der Waals surface area contributed by atoms with E-state index in [2.05, 4.69) is 36.4 Å². The number of anilines is 1. The van der Waals surface area contributed by atoms with Gasteiger partial charge in [-0.1, -0.05) is 66.8 Å². The number of furan rings is 1. The molecule has 6 nitrogen and oxygen atoms in total. The van der Waals surface area contributed by atoms with Gasteiger partial charge in [-0.05, 0) is 59.9 Å². The van der Waals surface area contributed by atoms with Crippen molar-refractivity contribution in [3.8, 4) is 5.75 Å². The molecule has 0 spiro atoms. The van der Waals surface area contributed by atoms with Crippen molar-refractivity contribution in [3.05, 3.63) is 98.5 Å². The van der Waals surface area contributed by atoms with Gasteiger partial charge in [0.25, 0.3) is 5.91 Å². The van der Waals surface area contributed by atoms with Gasteiger partial charge in [-0.3, -0.25) is 9.48 Å². The SMILES string of the molecule is CCC(C)c1ccc(OCc2ccc(C(=O)Nc3nn(Cc4ccc(Cl)cc4Cl)cc3Cl)o2)cc1. The summed E-state index contributed by atoms with van der Waals surface area (Å²) in [5, 5.41) is 8.37. The van der Waals surface area contributed by atoms with Crippen LogP contribution >= 0.6 is 34.8 Å². The third kappa shape index (κ3) is 6.40. The Labute approximate surface area is 218 Å². The van der Waals surface area contributed by atoms with Gasteiger partial charge in [0, 0.05) is 16.2 Å². The summed E-state index contributed by atoms with van der Waals surface area (Å²) in [6.45, 7) is 4.92. The van der Waals surface area contributed by atoms with E-state index in [4.69, 9.17) is 44.0 Å². The smallest absolute Gasteiger partial charge is 0.292 e. The molecular formula is C26H24Cl3N3O3. The lowest BCUT2D eigenvalue weighted by molar-refractivity contribution is 0.0992. The summed E-state index contributed by atoms with van der Waals surface area (Å²) >= 11 is 18.4. The van der Waals surface area contributed by atoms with Crippen molar-refractivity contribution in [1.29, 1.82) is 0 Å². The number of ether oxygens (including phenoxy) is 1. The number of aromatic nitrogens is 2. The molecule has 0 radical (unpaired) electrons. The van der Waals surface area contributed by atoms with Crippen LogP contribution in [0.1, 0.15) is 53.6 Å². The fourth-order valence-corrected chi connectivity index (χ4v) is 4.08. The zero-order valence-electron chi connectivity index (χ0n) is 19.2. The molecule has 1 amide bonds. The van der Waals surface area contributed by atoms with E-state index in [0.29, 0.717) is 33.3 Å². The van der Waals surface area contributed by atoms with Gasteiger partial charge in [-0.25, -0.2) is 0 Å². The Hall–Kier alpha value is -2.93. The minimum absolute atomic E-state index is 0.127. The zero-order chi connectivity index (χ0) is 24.9. The van der Waals surface area contributed by atoms with Gasteiger partial charge in [-0.15, -0.1) is 0 Å². The molecule has 0 saturated heterocycles. The van der Waals surface area contributed by atoms with Crippen LogP contribution in [0.15, 0.2) is 65.2 Å². The summed E-state index contributed by atoms with van der Waals surface area (Å²) in [7, 11) is 0. The highest BCUT2D eigenvalue weighted by Crippen LogP contribution is 2.25. The summed E-state index contributed by atoms with van der Waals surface area (Å²) in [6, 6.07) is 16.5. The largest absolute Gasteiger partial charge is 0.486 e. The Balaban J connectivity index is 1.35. The van der Waals surface area contributed by atoms with Crippen molar-refractivity contribution in [2.75, 3.05) is 5.32 Å². The number of nitrogens with one attached hydrogen (secondary N) is 1. The molecule has 2 aromatic carbocycles. The van der Waals surface area contributed by atoms with Crippen molar-refractivity contribution in [2.24, 2.45) is 0 Å². The first-order chi connectivity index (χ1) is 16.8. The lowest BCUT2D eigenvalue weighted by Gasteiger charge is -2.10. The van der Waals surface area contributed by atoms with Crippen LogP contribution in [0.4, 0.5) is 5.82 Å². The lowest BCUT2D eigenvalue weighted by atomic mass is 9.99. The van der Waals surface area contributed by atoms with Crippen molar-refractivity contribution in [1.82, 2.24) is 9.78 Å². The summed E-state index contributed by atoms with van der Waals surface area (Å²) in [5.74, 6) is 1.64. The number of carbonyl (C=O) groups excluding carboxylic acids is 1. The highest BCUT2D eigenvalue weighted by Gasteiger charge is 2.16. The van der Waals surface area contributed by atoms with E-state index in [1.807, 2.05) is 18.2 Å². The molecule has 0 aliphatic rings. The van der Waals surface area contributed by atoms with E-state index in [1.165, 1.54) is 5.56 Å². The number of halogens is 3. The maximum atomic E-state index is 12.7. The summed E-state index contributed by atoms with van der Waals surface area (Å²) < 4.78 is 13.0. The summed E-state index contributed by atoms with van der Waals surface area (Å²) in [4.78, 5) is 12.7. The monoisotopic (exact) mass is 531 g/mol. The van der Waals surface area contributed by atoms with E-state index in [1.54, 1.807) is 35.1 Å². The normalized spacial score (nSPS) is 11.9. The lowest BCUT2D eigenvalue weighted by Crippen LogP contribution is -2.12. The Morgan fingerprint density at radius 2 is 1.86 bits per heavy atom. The van der Waals surface area contributed by atoms with Crippen LogP contribution in [0.2, 0.25) is 15.1 Å². The van der Waals surface area contributed by atoms with Gasteiger partial charge in [0.2, 0.25) is 0 Å². The van der Waals surface area contributed by atoms with Gasteiger partial charge in [-0.2, -0.15) is 5.10 Å². The second-order valence-electron chi connectivity index (χ2n) is 8.15. The molecule has 0 aliphatic carbocycles. The van der Waals surface area contributed by atoms with Crippen LogP contribution in [0.5, 0.6) is 5.75 Å². The van der Waals surface area contributed by atoms with Gasteiger partial charge in [0.05, 0.1) is 6.54 Å². The van der Waals surface area contributed by atoms with E-state index < -0.39 is 5.91 Å². The summed E-state index contributed by atoms with van der Waals surface area (Å²) in [5.41, 5.74) is 2.09. The quantitative estimate of drug-likeness (QED) is 0.238. The third-order valence-electron chi connectivity index (χ3n) is 5.62. The molecule has 0 aliphatic heterocycles. The number of nitrogens with zero attached hydrogens (tertiary/aromatic N) is 2. The predicted molar refractivity (Wildman–Crippen MR) is 139 cm³/mol. The number of hydrogen-bond acceptors (Lipinski definition) is 4. The van der Waals surface area contributed by atoms with Crippen LogP contribution in [0, 0.1) is 0 Å². The fraction of sp³-hybridized carbons (Fsp3) is 0.231. The molecule has 0 saturated carbocycles. The van der Waals surface area contributed by atoms with Gasteiger partial charge < -0.3 is 14.5 Å². The van der Waals surface area contributed by atoms with Crippen molar-refractivity contribution < 1.29 is 13.9 Å². The van der Waals surface area contributed by atoms with Crippen LogP contribution < -0.4 is 10.1 Å². The molecule has 1 unspecified atom stereocenters. The van der Waals surface area contributed by atoms with Gasteiger partial charge in [0.1, 0.15) is 23.1 Å². The number of amides is 1. The second-order valence-corrected chi connectivity index (χ2v) is 9.40. The van der Waals surface area contributed by atoms with Gasteiger partial charge >= 0.3 is 0 Å². The number of hydrogen-bond donors (Lipinski definition) is 1. The molecule has 0 fully saturated rings. The fourth-order valence-electron chi connectivity index (χ4n) is 3.42. The number of rotatable bonds is 9. The van der Waals surface area contributed by atoms with Crippen molar-refractivity contribution in [3.63, 3.8) is 0 Å². The molecule has 1 N–H and O–H groups in total. The first-order valence-corrected chi connectivity index (χ1v) is 12.3. The van der Waals surface area contributed by atoms with E-state index in [0.717, 1.165) is 17.7 Å². The Morgan fingerprint density at radius 3 is 2.57 bits per heavy atom. The van der Waals surface area contributed by atoms with Gasteiger partial charge in [0.15, 0.2) is 11.6 Å². The molecule has 4 rings (SSSR count). The molecule has 2 heterocycles. The minimum Gasteiger partial charge on any atom is -0.486 e. The number of benzene rings is 2. The molecule has 35 heavy (non-hydrogen) atoms. The highest BCUT2D eigenvalue weighted by molar-refractivity contribution is 6.35.